The van der Waals surface area contributed by atoms with E-state index in [4.69, 9.17) is 4.98 Å². The van der Waals surface area contributed by atoms with Crippen molar-refractivity contribution >= 4 is 12.0 Å². The summed E-state index contributed by atoms with van der Waals surface area (Å²) in [7, 11) is 0. The van der Waals surface area contributed by atoms with E-state index in [0.29, 0.717) is 17.9 Å². The molecule has 0 aliphatic rings. The summed E-state index contributed by atoms with van der Waals surface area (Å²) in [6.45, 7) is 10.8. The highest BCUT2D eigenvalue weighted by Crippen LogP contribution is 2.32. The molecule has 4 heteroatoms. The Balaban J connectivity index is 1.86. The number of nitrogens with one attached hydrogen (secondary N) is 1. The van der Waals surface area contributed by atoms with Crippen LogP contribution in [0.5, 0.6) is 0 Å². The van der Waals surface area contributed by atoms with Crippen molar-refractivity contribution in [3.8, 4) is 22.6 Å². The zero-order valence-corrected chi connectivity index (χ0v) is 20.8. The van der Waals surface area contributed by atoms with Crippen LogP contribution in [0, 0.1) is 6.92 Å². The molecule has 0 bridgehead atoms. The molecule has 0 radical (unpaired) electrons. The summed E-state index contributed by atoms with van der Waals surface area (Å²) in [5, 5.41) is 3.32. The molecule has 1 N–H and O–H groups in total. The zero-order valence-electron chi connectivity index (χ0n) is 20.8. The van der Waals surface area contributed by atoms with Crippen molar-refractivity contribution in [1.82, 2.24) is 14.9 Å². The molecule has 0 aliphatic heterocycles. The van der Waals surface area contributed by atoms with Gasteiger partial charge in [-0.05, 0) is 43.0 Å². The van der Waals surface area contributed by atoms with E-state index in [1.807, 2.05) is 65.2 Å². The van der Waals surface area contributed by atoms with Gasteiger partial charge in [-0.25, -0.2) is 4.98 Å². The number of imidazole rings is 1. The molecule has 0 fully saturated rings. The van der Waals surface area contributed by atoms with Crippen LogP contribution in [-0.4, -0.2) is 15.5 Å². The Morgan fingerprint density at radius 3 is 2.31 bits per heavy atom. The monoisotopic (exact) mass is 463 g/mol. The number of rotatable bonds is 9. The lowest BCUT2D eigenvalue weighted by Crippen LogP contribution is -2.30. The predicted molar refractivity (Wildman–Crippen MR) is 145 cm³/mol. The largest absolute Gasteiger partial charge is 0.344 e. The van der Waals surface area contributed by atoms with Gasteiger partial charge in [0.25, 0.3) is 5.91 Å². The first kappa shape index (κ1) is 24.2. The van der Waals surface area contributed by atoms with Crippen LogP contribution in [0.25, 0.3) is 28.7 Å². The maximum atomic E-state index is 14.0. The molecule has 0 saturated heterocycles. The van der Waals surface area contributed by atoms with Crippen LogP contribution in [0.15, 0.2) is 85.4 Å². The second-order valence-corrected chi connectivity index (χ2v) is 8.74. The molecular weight excluding hydrogens is 430 g/mol. The van der Waals surface area contributed by atoms with Crippen LogP contribution in [0.4, 0.5) is 0 Å². The Morgan fingerprint density at radius 2 is 1.69 bits per heavy atom. The third-order valence-electron chi connectivity index (χ3n) is 6.39. The van der Waals surface area contributed by atoms with Crippen molar-refractivity contribution < 1.29 is 4.79 Å². The van der Waals surface area contributed by atoms with Gasteiger partial charge in [0.15, 0.2) is 0 Å². The van der Waals surface area contributed by atoms with Crippen LogP contribution in [0.1, 0.15) is 59.9 Å². The maximum Gasteiger partial charge on any atom is 0.270 e. The Morgan fingerprint density at radius 1 is 1.00 bits per heavy atom. The third kappa shape index (κ3) is 5.12. The smallest absolute Gasteiger partial charge is 0.270 e. The van der Waals surface area contributed by atoms with E-state index >= 15 is 0 Å². The van der Waals surface area contributed by atoms with Crippen molar-refractivity contribution in [2.75, 3.05) is 0 Å². The van der Waals surface area contributed by atoms with Gasteiger partial charge in [0.2, 0.25) is 0 Å². The number of carbonyl (C=O) groups is 1. The number of benzene rings is 3. The Kier molecular flexibility index (Phi) is 7.61. The second kappa shape index (κ2) is 11.0. The van der Waals surface area contributed by atoms with Gasteiger partial charge in [-0.3, -0.25) is 4.79 Å². The molecule has 0 spiro atoms. The second-order valence-electron chi connectivity index (χ2n) is 8.74. The highest BCUT2D eigenvalue weighted by molar-refractivity contribution is 6.00. The van der Waals surface area contributed by atoms with Crippen molar-refractivity contribution in [3.05, 3.63) is 108 Å². The molecular formula is C31H33N3O. The fourth-order valence-electron chi connectivity index (χ4n) is 4.53. The van der Waals surface area contributed by atoms with E-state index in [0.717, 1.165) is 46.5 Å². The van der Waals surface area contributed by atoms with Crippen LogP contribution < -0.4 is 5.32 Å². The van der Waals surface area contributed by atoms with E-state index in [-0.39, 0.29) is 11.9 Å². The molecule has 4 nitrogen and oxygen atoms in total. The molecule has 1 aromatic heterocycles. The summed E-state index contributed by atoms with van der Waals surface area (Å²) >= 11 is 0. The Hall–Kier alpha value is -3.92. The van der Waals surface area contributed by atoms with Gasteiger partial charge in [-0.15, -0.1) is 0 Å². The van der Waals surface area contributed by atoms with Crippen LogP contribution in [0.2, 0.25) is 0 Å². The number of nitrogens with zero attached hydrogens (tertiary/aromatic N) is 2. The molecule has 3 aromatic carbocycles. The lowest BCUT2D eigenvalue weighted by molar-refractivity contribution is 0.0926. The van der Waals surface area contributed by atoms with Gasteiger partial charge in [0, 0.05) is 17.7 Å². The van der Waals surface area contributed by atoms with Gasteiger partial charge < -0.3 is 9.88 Å². The SMILES string of the molecule is C=Cc1cc(-c2nc(-c3ccccc3)n(CC)c2C(=O)NC(CCC)c2ccccc2)ccc1C. The van der Waals surface area contributed by atoms with Crippen molar-refractivity contribution in [1.29, 1.82) is 0 Å². The van der Waals surface area contributed by atoms with Gasteiger partial charge in [0.1, 0.15) is 17.2 Å². The first-order valence-electron chi connectivity index (χ1n) is 12.3. The number of aromatic nitrogens is 2. The molecule has 0 saturated carbocycles. The Labute approximate surface area is 208 Å². The van der Waals surface area contributed by atoms with Crippen LogP contribution in [0.3, 0.4) is 0 Å². The maximum absolute atomic E-state index is 14.0. The van der Waals surface area contributed by atoms with Gasteiger partial charge in [-0.1, -0.05) is 98.8 Å². The standard InChI is InChI=1S/C31H33N3O/c1-5-14-27(24-15-10-8-11-16-24)32-31(35)29-28(26-20-19-22(4)23(6-2)21-26)33-30(34(29)7-3)25-17-12-9-13-18-25/h6,8-13,15-21,27H,2,5,7,14H2,1,3-4H3,(H,32,35). The van der Waals surface area contributed by atoms with Gasteiger partial charge >= 0.3 is 0 Å². The minimum Gasteiger partial charge on any atom is -0.344 e. The summed E-state index contributed by atoms with van der Waals surface area (Å²) in [6, 6.07) is 26.3. The van der Waals surface area contributed by atoms with E-state index in [1.54, 1.807) is 0 Å². The molecule has 1 unspecified atom stereocenters. The molecule has 1 atom stereocenters. The molecule has 4 aromatic rings. The normalized spacial score (nSPS) is 11.7. The number of hydrogen-bond acceptors (Lipinski definition) is 2. The summed E-state index contributed by atoms with van der Waals surface area (Å²) < 4.78 is 2.03. The topological polar surface area (TPSA) is 46.9 Å². The van der Waals surface area contributed by atoms with Crippen LogP contribution >= 0.6 is 0 Å². The lowest BCUT2D eigenvalue weighted by atomic mass is 10.0. The van der Waals surface area contributed by atoms with Crippen molar-refractivity contribution in [2.45, 2.75) is 46.2 Å². The lowest BCUT2D eigenvalue weighted by Gasteiger charge is -2.20. The minimum atomic E-state index is -0.112. The number of carbonyl (C=O) groups excluding carboxylic acids is 1. The third-order valence-corrected chi connectivity index (χ3v) is 6.39. The molecule has 1 amide bonds. The molecule has 35 heavy (non-hydrogen) atoms. The van der Waals surface area contributed by atoms with E-state index in [9.17, 15) is 4.79 Å². The van der Waals surface area contributed by atoms with Gasteiger partial charge in [-0.2, -0.15) is 0 Å². The van der Waals surface area contributed by atoms with Gasteiger partial charge in [0.05, 0.1) is 6.04 Å². The summed E-state index contributed by atoms with van der Waals surface area (Å²) in [5.74, 6) is 0.681. The summed E-state index contributed by atoms with van der Waals surface area (Å²) in [5.41, 5.74) is 6.45. The summed E-state index contributed by atoms with van der Waals surface area (Å²) in [6.07, 6.45) is 3.68. The highest BCUT2D eigenvalue weighted by atomic mass is 16.2. The first-order chi connectivity index (χ1) is 17.1. The summed E-state index contributed by atoms with van der Waals surface area (Å²) in [4.78, 5) is 19.0. The fraction of sp³-hybridized carbons (Fsp3) is 0.226. The van der Waals surface area contributed by atoms with Crippen molar-refractivity contribution in [2.24, 2.45) is 0 Å². The fourth-order valence-corrected chi connectivity index (χ4v) is 4.53. The van der Waals surface area contributed by atoms with Crippen molar-refractivity contribution in [3.63, 3.8) is 0 Å². The molecule has 178 valence electrons. The number of hydrogen-bond donors (Lipinski definition) is 1. The minimum absolute atomic E-state index is 0.0660. The molecule has 4 rings (SSSR count). The first-order valence-corrected chi connectivity index (χ1v) is 12.3. The van der Waals surface area contributed by atoms with E-state index in [1.165, 1.54) is 0 Å². The quantitative estimate of drug-likeness (QED) is 0.280. The zero-order chi connectivity index (χ0) is 24.8. The average molecular weight is 464 g/mol. The van der Waals surface area contributed by atoms with E-state index in [2.05, 4.69) is 56.9 Å². The average Bonchev–Trinajstić information content (AvgIpc) is 3.29. The Bertz CT molecular complexity index is 1310. The molecule has 1 heterocycles. The van der Waals surface area contributed by atoms with Crippen LogP contribution in [-0.2, 0) is 6.54 Å². The highest BCUT2D eigenvalue weighted by Gasteiger charge is 2.26. The molecule has 0 aliphatic carbocycles. The van der Waals surface area contributed by atoms with E-state index < -0.39 is 0 Å². The number of aryl methyl sites for hydroxylation is 1. The predicted octanol–water partition coefficient (Wildman–Crippen LogP) is 7.46. The number of amides is 1.